The lowest BCUT2D eigenvalue weighted by atomic mass is 9.49. The molecule has 30 heavy (non-hydrogen) atoms. The molecule has 0 radical (unpaired) electrons. The standard InChI is InChI=1S/C23H27N3O4/c24-12-15-2-1-3-19(7-15)26-21(28)14-30-22(29)13-25-20(27)11-23-8-16-4-17(9-23)6-18(5-16)10-23/h1-3,7,16-18H,4-6,8-11,13-14H2,(H,25,27)(H,26,28). The van der Waals surface area contributed by atoms with E-state index in [4.69, 9.17) is 10.00 Å². The van der Waals surface area contributed by atoms with Crippen molar-refractivity contribution in [3.63, 3.8) is 0 Å². The van der Waals surface area contributed by atoms with E-state index in [-0.39, 0.29) is 17.9 Å². The maximum absolute atomic E-state index is 12.4. The first-order valence-electron chi connectivity index (χ1n) is 10.7. The molecule has 0 aliphatic heterocycles. The highest BCUT2D eigenvalue weighted by molar-refractivity contribution is 5.93. The highest BCUT2D eigenvalue weighted by atomic mass is 16.5. The number of esters is 1. The van der Waals surface area contributed by atoms with Gasteiger partial charge in [-0.1, -0.05) is 6.07 Å². The van der Waals surface area contributed by atoms with Gasteiger partial charge in [-0.3, -0.25) is 14.4 Å². The SMILES string of the molecule is N#Cc1cccc(NC(=O)COC(=O)CNC(=O)CC23CC4CC(CC(C4)C2)C3)c1. The monoisotopic (exact) mass is 409 g/mol. The Morgan fingerprint density at radius 1 is 1.07 bits per heavy atom. The number of benzene rings is 1. The number of hydrogen-bond acceptors (Lipinski definition) is 5. The summed E-state index contributed by atoms with van der Waals surface area (Å²) in [6, 6.07) is 8.44. The molecule has 4 saturated carbocycles. The van der Waals surface area contributed by atoms with E-state index in [1.54, 1.807) is 18.2 Å². The van der Waals surface area contributed by atoms with Crippen LogP contribution in [0.15, 0.2) is 24.3 Å². The first-order valence-corrected chi connectivity index (χ1v) is 10.7. The number of hydrogen-bond donors (Lipinski definition) is 2. The highest BCUT2D eigenvalue weighted by Crippen LogP contribution is 2.61. The molecule has 0 unspecified atom stereocenters. The maximum atomic E-state index is 12.4. The third-order valence-corrected chi connectivity index (χ3v) is 6.77. The predicted octanol–water partition coefficient (Wildman–Crippen LogP) is 2.76. The Bertz CT molecular complexity index is 853. The lowest BCUT2D eigenvalue weighted by Crippen LogP contribution is -2.48. The topological polar surface area (TPSA) is 108 Å². The average molecular weight is 409 g/mol. The van der Waals surface area contributed by atoms with Gasteiger partial charge in [0.25, 0.3) is 5.91 Å². The smallest absolute Gasteiger partial charge is 0.325 e. The van der Waals surface area contributed by atoms with Crippen molar-refractivity contribution in [1.29, 1.82) is 5.26 Å². The summed E-state index contributed by atoms with van der Waals surface area (Å²) >= 11 is 0. The number of anilines is 1. The van der Waals surface area contributed by atoms with Crippen LogP contribution in [0.5, 0.6) is 0 Å². The van der Waals surface area contributed by atoms with Gasteiger partial charge in [0.2, 0.25) is 5.91 Å². The number of carbonyl (C=O) groups excluding carboxylic acids is 3. The van der Waals surface area contributed by atoms with Crippen molar-refractivity contribution in [3.8, 4) is 6.07 Å². The Morgan fingerprint density at radius 3 is 2.37 bits per heavy atom. The van der Waals surface area contributed by atoms with Crippen LogP contribution >= 0.6 is 0 Å². The van der Waals surface area contributed by atoms with E-state index in [0.29, 0.717) is 17.7 Å². The summed E-state index contributed by atoms with van der Waals surface area (Å²) < 4.78 is 4.95. The van der Waals surface area contributed by atoms with E-state index in [9.17, 15) is 14.4 Å². The lowest BCUT2D eigenvalue weighted by Gasteiger charge is -2.56. The molecular weight excluding hydrogens is 382 g/mol. The first kappa shape index (κ1) is 20.4. The number of nitrogens with zero attached hydrogens (tertiary/aromatic N) is 1. The van der Waals surface area contributed by atoms with E-state index in [1.807, 2.05) is 6.07 Å². The van der Waals surface area contributed by atoms with Crippen molar-refractivity contribution in [1.82, 2.24) is 5.32 Å². The van der Waals surface area contributed by atoms with Crippen LogP contribution in [-0.2, 0) is 19.1 Å². The average Bonchev–Trinajstić information content (AvgIpc) is 2.69. The van der Waals surface area contributed by atoms with Gasteiger partial charge >= 0.3 is 5.97 Å². The summed E-state index contributed by atoms with van der Waals surface area (Å²) in [5.41, 5.74) is 1.01. The first-order chi connectivity index (χ1) is 14.4. The summed E-state index contributed by atoms with van der Waals surface area (Å²) in [5, 5.41) is 14.1. The summed E-state index contributed by atoms with van der Waals surface area (Å²) in [4.78, 5) is 36.3. The molecule has 158 valence electrons. The molecule has 5 rings (SSSR count). The highest BCUT2D eigenvalue weighted by Gasteiger charge is 2.51. The predicted molar refractivity (Wildman–Crippen MR) is 109 cm³/mol. The normalized spacial score (nSPS) is 28.4. The zero-order chi connectivity index (χ0) is 21.1. The third-order valence-electron chi connectivity index (χ3n) is 6.77. The van der Waals surface area contributed by atoms with Gasteiger partial charge in [0.05, 0.1) is 11.6 Å². The Balaban J connectivity index is 1.17. The number of nitrogens with one attached hydrogen (secondary N) is 2. The number of nitriles is 1. The van der Waals surface area contributed by atoms with Gasteiger partial charge in [-0.2, -0.15) is 5.26 Å². The Labute approximate surface area is 176 Å². The summed E-state index contributed by atoms with van der Waals surface area (Å²) in [5.74, 6) is 1.09. The maximum Gasteiger partial charge on any atom is 0.325 e. The molecule has 2 N–H and O–H groups in total. The van der Waals surface area contributed by atoms with Crippen LogP contribution in [0.2, 0.25) is 0 Å². The second kappa shape index (κ2) is 8.47. The molecule has 4 bridgehead atoms. The van der Waals surface area contributed by atoms with Crippen molar-refractivity contribution in [2.45, 2.75) is 44.9 Å². The van der Waals surface area contributed by atoms with E-state index in [0.717, 1.165) is 37.0 Å². The Kier molecular flexibility index (Phi) is 5.76. The van der Waals surface area contributed by atoms with Crippen molar-refractivity contribution >= 4 is 23.5 Å². The molecule has 0 aromatic heterocycles. The van der Waals surface area contributed by atoms with Crippen LogP contribution in [0.4, 0.5) is 5.69 Å². The second-order valence-electron chi connectivity index (χ2n) is 9.27. The fraction of sp³-hybridized carbons (Fsp3) is 0.565. The number of rotatable bonds is 7. The molecule has 0 spiro atoms. The molecule has 0 saturated heterocycles. The summed E-state index contributed by atoms with van der Waals surface area (Å²) in [6.07, 6.45) is 7.90. The number of carbonyl (C=O) groups is 3. The fourth-order valence-electron chi connectivity index (χ4n) is 6.14. The molecule has 4 aliphatic carbocycles. The number of amides is 2. The van der Waals surface area contributed by atoms with Gasteiger partial charge in [0.1, 0.15) is 6.54 Å². The third kappa shape index (κ3) is 4.81. The van der Waals surface area contributed by atoms with Crippen LogP contribution in [0.3, 0.4) is 0 Å². The van der Waals surface area contributed by atoms with Crippen LogP contribution in [0.25, 0.3) is 0 Å². The lowest BCUT2D eigenvalue weighted by molar-refractivity contribution is -0.147. The van der Waals surface area contributed by atoms with Gasteiger partial charge in [-0.25, -0.2) is 0 Å². The van der Waals surface area contributed by atoms with Crippen molar-refractivity contribution in [2.75, 3.05) is 18.5 Å². The summed E-state index contributed by atoms with van der Waals surface area (Å²) in [7, 11) is 0. The van der Waals surface area contributed by atoms with E-state index in [1.165, 1.54) is 25.3 Å². The molecule has 0 atom stereocenters. The second-order valence-corrected chi connectivity index (χ2v) is 9.27. The number of ether oxygens (including phenoxy) is 1. The van der Waals surface area contributed by atoms with Gasteiger partial charge in [-0.05, 0) is 79.9 Å². The van der Waals surface area contributed by atoms with Gasteiger partial charge in [0, 0.05) is 12.1 Å². The molecule has 1 aromatic rings. The van der Waals surface area contributed by atoms with Crippen LogP contribution < -0.4 is 10.6 Å². The fourth-order valence-corrected chi connectivity index (χ4v) is 6.14. The molecule has 2 amide bonds. The van der Waals surface area contributed by atoms with Crippen LogP contribution in [0, 0.1) is 34.5 Å². The minimum atomic E-state index is -0.644. The zero-order valence-corrected chi connectivity index (χ0v) is 17.0. The van der Waals surface area contributed by atoms with Crippen LogP contribution in [-0.4, -0.2) is 30.9 Å². The van der Waals surface area contributed by atoms with Crippen molar-refractivity contribution in [2.24, 2.45) is 23.2 Å². The zero-order valence-electron chi connectivity index (χ0n) is 17.0. The minimum Gasteiger partial charge on any atom is -0.454 e. The molecule has 4 fully saturated rings. The van der Waals surface area contributed by atoms with Crippen LogP contribution in [0.1, 0.15) is 50.5 Å². The molecule has 4 aliphatic rings. The minimum absolute atomic E-state index is 0.105. The molecular formula is C23H27N3O4. The van der Waals surface area contributed by atoms with Gasteiger partial charge in [-0.15, -0.1) is 0 Å². The van der Waals surface area contributed by atoms with E-state index >= 15 is 0 Å². The Morgan fingerprint density at radius 2 is 1.73 bits per heavy atom. The largest absolute Gasteiger partial charge is 0.454 e. The molecule has 0 heterocycles. The van der Waals surface area contributed by atoms with E-state index < -0.39 is 18.5 Å². The Hall–Kier alpha value is -2.88. The van der Waals surface area contributed by atoms with Crippen molar-refractivity contribution < 1.29 is 19.1 Å². The van der Waals surface area contributed by atoms with Gasteiger partial charge in [0.15, 0.2) is 6.61 Å². The molecule has 7 nitrogen and oxygen atoms in total. The molecule has 7 heteroatoms. The van der Waals surface area contributed by atoms with E-state index in [2.05, 4.69) is 10.6 Å². The van der Waals surface area contributed by atoms with Gasteiger partial charge < -0.3 is 15.4 Å². The van der Waals surface area contributed by atoms with Crippen molar-refractivity contribution in [3.05, 3.63) is 29.8 Å². The quantitative estimate of drug-likeness (QED) is 0.673. The summed E-state index contributed by atoms with van der Waals surface area (Å²) in [6.45, 7) is -0.678. The molecule has 1 aromatic carbocycles.